The van der Waals surface area contributed by atoms with Crippen LogP contribution >= 0.6 is 0 Å². The van der Waals surface area contributed by atoms with Gasteiger partial charge in [0.05, 0.1) is 17.8 Å². The normalized spacial score (nSPS) is 16.7. The Morgan fingerprint density at radius 1 is 0.963 bits per heavy atom. The number of nitrogens with zero attached hydrogens (tertiary/aromatic N) is 4. The van der Waals surface area contributed by atoms with E-state index in [-0.39, 0.29) is 5.75 Å². The second kappa shape index (κ2) is 7.78. The van der Waals surface area contributed by atoms with Crippen LogP contribution < -0.4 is 0 Å². The van der Waals surface area contributed by atoms with Gasteiger partial charge in [0.2, 0.25) is 10.0 Å². The molecule has 0 spiro atoms. The van der Waals surface area contributed by atoms with Gasteiger partial charge in [-0.1, -0.05) is 47.7 Å². The van der Waals surface area contributed by atoms with E-state index in [9.17, 15) is 8.42 Å². The lowest BCUT2D eigenvalue weighted by Gasteiger charge is -2.31. The summed E-state index contributed by atoms with van der Waals surface area (Å²) in [7, 11) is -3.28. The van der Waals surface area contributed by atoms with Gasteiger partial charge in [-0.3, -0.25) is 0 Å². The van der Waals surface area contributed by atoms with Gasteiger partial charge < -0.3 is 0 Å². The van der Waals surface area contributed by atoms with E-state index in [1.165, 1.54) is 5.56 Å². The minimum Gasteiger partial charge on any atom is -0.244 e. The number of sulfonamides is 1. The van der Waals surface area contributed by atoms with Crippen LogP contribution in [0, 0.1) is 5.92 Å². The Morgan fingerprint density at radius 2 is 1.67 bits per heavy atom. The first kappa shape index (κ1) is 18.1. The number of hydrogen-bond donors (Lipinski definition) is 0. The second-order valence-electron chi connectivity index (χ2n) is 7.15. The maximum Gasteiger partial charge on any atom is 0.215 e. The molecule has 0 N–H and O–H groups in total. The number of fused-ring (bicyclic) bond motifs is 1. The van der Waals surface area contributed by atoms with Gasteiger partial charge in [0.25, 0.3) is 0 Å². The Hall–Kier alpha value is -2.25. The quantitative estimate of drug-likeness (QED) is 0.655. The highest BCUT2D eigenvalue weighted by atomic mass is 32.2. The van der Waals surface area contributed by atoms with Crippen molar-refractivity contribution in [2.75, 3.05) is 18.8 Å². The molecule has 1 fully saturated rings. The largest absolute Gasteiger partial charge is 0.244 e. The van der Waals surface area contributed by atoms with Crippen molar-refractivity contribution < 1.29 is 8.42 Å². The van der Waals surface area contributed by atoms with Crippen molar-refractivity contribution in [3.63, 3.8) is 0 Å². The molecule has 2 heterocycles. The van der Waals surface area contributed by atoms with E-state index in [1.807, 2.05) is 30.3 Å². The smallest absolute Gasteiger partial charge is 0.215 e. The fourth-order valence-electron chi connectivity index (χ4n) is 3.75. The molecule has 142 valence electrons. The monoisotopic (exact) mass is 384 g/mol. The summed E-state index contributed by atoms with van der Waals surface area (Å²) in [5, 5.41) is 8.17. The number of rotatable bonds is 6. The third kappa shape index (κ3) is 4.20. The van der Waals surface area contributed by atoms with Crippen molar-refractivity contribution in [1.82, 2.24) is 19.3 Å². The summed E-state index contributed by atoms with van der Waals surface area (Å²) < 4.78 is 28.8. The molecule has 0 radical (unpaired) electrons. The average molecular weight is 385 g/mol. The highest BCUT2D eigenvalue weighted by Gasteiger charge is 2.28. The number of benzene rings is 2. The summed E-state index contributed by atoms with van der Waals surface area (Å²) in [6, 6.07) is 18.0. The highest BCUT2D eigenvalue weighted by Crippen LogP contribution is 2.23. The van der Waals surface area contributed by atoms with E-state index < -0.39 is 10.0 Å². The van der Waals surface area contributed by atoms with E-state index >= 15 is 0 Å². The molecule has 0 unspecified atom stereocenters. The van der Waals surface area contributed by atoms with Gasteiger partial charge in [-0.05, 0) is 42.9 Å². The number of piperidine rings is 1. The number of aromatic nitrogens is 3. The first-order valence-corrected chi connectivity index (χ1v) is 11.0. The highest BCUT2D eigenvalue weighted by molar-refractivity contribution is 7.89. The van der Waals surface area contributed by atoms with Gasteiger partial charge in [0.1, 0.15) is 5.52 Å². The molecule has 2 aromatic carbocycles. The molecule has 3 aromatic rings. The van der Waals surface area contributed by atoms with E-state index in [0.717, 1.165) is 30.3 Å². The minimum atomic E-state index is -3.28. The Kier molecular flexibility index (Phi) is 5.22. The molecule has 1 aliphatic rings. The molecule has 7 heteroatoms. The number of aryl methyl sites for hydroxylation is 1. The van der Waals surface area contributed by atoms with Crippen molar-refractivity contribution in [3.8, 4) is 0 Å². The van der Waals surface area contributed by atoms with Crippen LogP contribution in [0.15, 0.2) is 54.6 Å². The Labute approximate surface area is 159 Å². The van der Waals surface area contributed by atoms with Crippen molar-refractivity contribution in [2.24, 2.45) is 5.92 Å². The maximum absolute atomic E-state index is 12.7. The third-order valence-corrected chi connectivity index (χ3v) is 7.17. The Balaban J connectivity index is 1.33. The molecule has 1 aliphatic heterocycles. The molecule has 27 heavy (non-hydrogen) atoms. The summed E-state index contributed by atoms with van der Waals surface area (Å²) in [5.74, 6) is 0.613. The van der Waals surface area contributed by atoms with Crippen LogP contribution in [0.4, 0.5) is 0 Å². The van der Waals surface area contributed by atoms with Gasteiger partial charge in [0, 0.05) is 13.1 Å². The molecule has 0 amide bonds. The summed E-state index contributed by atoms with van der Waals surface area (Å²) in [6.07, 6.45) is 2.86. The standard InChI is InChI=1S/C20H24N4O2S/c25-27(26,15-14-24-20-9-5-4-8-19(20)21-22-24)23-12-10-18(11-13-23)16-17-6-2-1-3-7-17/h1-9,18H,10-16H2. The minimum absolute atomic E-state index is 0.0592. The zero-order valence-corrected chi connectivity index (χ0v) is 16.1. The summed E-state index contributed by atoms with van der Waals surface area (Å²) in [4.78, 5) is 0. The summed E-state index contributed by atoms with van der Waals surface area (Å²) >= 11 is 0. The molecule has 0 bridgehead atoms. The predicted molar refractivity (Wildman–Crippen MR) is 106 cm³/mol. The number of hydrogen-bond acceptors (Lipinski definition) is 4. The topological polar surface area (TPSA) is 68.1 Å². The zero-order valence-electron chi connectivity index (χ0n) is 15.2. The molecule has 0 saturated carbocycles. The van der Waals surface area contributed by atoms with E-state index in [1.54, 1.807) is 8.99 Å². The third-order valence-electron chi connectivity index (χ3n) is 5.32. The van der Waals surface area contributed by atoms with Gasteiger partial charge in [-0.15, -0.1) is 5.10 Å². The first-order valence-electron chi connectivity index (χ1n) is 9.42. The molecule has 6 nitrogen and oxygen atoms in total. The van der Waals surface area contributed by atoms with Crippen LogP contribution in [0.1, 0.15) is 18.4 Å². The van der Waals surface area contributed by atoms with Crippen LogP contribution in [0.5, 0.6) is 0 Å². The zero-order chi connectivity index (χ0) is 18.7. The van der Waals surface area contributed by atoms with E-state index in [2.05, 4.69) is 34.6 Å². The second-order valence-corrected chi connectivity index (χ2v) is 9.24. The molecule has 1 aromatic heterocycles. The molecular weight excluding hydrogens is 360 g/mol. The Morgan fingerprint density at radius 3 is 2.44 bits per heavy atom. The summed E-state index contributed by atoms with van der Waals surface area (Å²) in [5.41, 5.74) is 2.99. The van der Waals surface area contributed by atoms with Crippen molar-refractivity contribution >= 4 is 21.1 Å². The van der Waals surface area contributed by atoms with Gasteiger partial charge in [0.15, 0.2) is 0 Å². The predicted octanol–water partition coefficient (Wildman–Crippen LogP) is 2.72. The van der Waals surface area contributed by atoms with Crippen LogP contribution in [-0.4, -0.2) is 46.6 Å². The Bertz CT molecular complexity index is 993. The van der Waals surface area contributed by atoms with Gasteiger partial charge in [-0.25, -0.2) is 17.4 Å². The average Bonchev–Trinajstić information content (AvgIpc) is 3.11. The lowest BCUT2D eigenvalue weighted by molar-refractivity contribution is 0.272. The summed E-state index contributed by atoms with van der Waals surface area (Å²) in [6.45, 7) is 1.54. The molecule has 0 aliphatic carbocycles. The van der Waals surface area contributed by atoms with Gasteiger partial charge >= 0.3 is 0 Å². The van der Waals surface area contributed by atoms with Crippen molar-refractivity contribution in [1.29, 1.82) is 0 Å². The van der Waals surface area contributed by atoms with Crippen LogP contribution in [0.2, 0.25) is 0 Å². The molecular formula is C20H24N4O2S. The van der Waals surface area contributed by atoms with Crippen LogP contribution in [0.25, 0.3) is 11.0 Å². The van der Waals surface area contributed by atoms with Crippen molar-refractivity contribution in [3.05, 3.63) is 60.2 Å². The van der Waals surface area contributed by atoms with Crippen molar-refractivity contribution in [2.45, 2.75) is 25.8 Å². The van der Waals surface area contributed by atoms with E-state index in [4.69, 9.17) is 0 Å². The lowest BCUT2D eigenvalue weighted by Crippen LogP contribution is -2.40. The first-order chi connectivity index (χ1) is 13.1. The fraction of sp³-hybridized carbons (Fsp3) is 0.400. The molecule has 1 saturated heterocycles. The van der Waals surface area contributed by atoms with E-state index in [0.29, 0.717) is 25.6 Å². The van der Waals surface area contributed by atoms with Crippen LogP contribution in [-0.2, 0) is 23.0 Å². The van der Waals surface area contributed by atoms with Gasteiger partial charge in [-0.2, -0.15) is 0 Å². The molecule has 4 rings (SSSR count). The SMILES string of the molecule is O=S(=O)(CCn1nnc2ccccc21)N1CCC(Cc2ccccc2)CC1. The number of para-hydroxylation sites is 1. The maximum atomic E-state index is 12.7. The molecule has 0 atom stereocenters. The fourth-order valence-corrected chi connectivity index (χ4v) is 5.18. The lowest BCUT2D eigenvalue weighted by atomic mass is 9.91. The van der Waals surface area contributed by atoms with Crippen LogP contribution in [0.3, 0.4) is 0 Å².